The first-order valence-electron chi connectivity index (χ1n) is 5.56. The van der Waals surface area contributed by atoms with Crippen molar-refractivity contribution in [2.75, 3.05) is 0 Å². The van der Waals surface area contributed by atoms with Gasteiger partial charge in [-0.2, -0.15) is 5.10 Å². The average Bonchev–Trinajstić information content (AvgIpc) is 2.36. The Morgan fingerprint density at radius 2 is 1.84 bits per heavy atom. The van der Waals surface area contributed by atoms with Gasteiger partial charge in [0.1, 0.15) is 10.7 Å². The van der Waals surface area contributed by atoms with Crippen molar-refractivity contribution in [1.82, 2.24) is 10.2 Å². The molecular weight excluding hydrogens is 326 g/mol. The Morgan fingerprint density at radius 3 is 2.42 bits per heavy atom. The molecule has 0 radical (unpaired) electrons. The van der Waals surface area contributed by atoms with Crippen molar-refractivity contribution >= 4 is 33.1 Å². The number of nitrogens with zero attached hydrogens (tertiary/aromatic N) is 2. The normalized spacial score (nSPS) is 10.3. The van der Waals surface area contributed by atoms with E-state index in [9.17, 15) is 0 Å². The lowest BCUT2D eigenvalue weighted by atomic mass is 10.1. The third kappa shape index (κ3) is 3.08. The van der Waals surface area contributed by atoms with Crippen LogP contribution in [-0.2, 0) is 0 Å². The number of ether oxygens (including phenoxy) is 1. The Kier molecular flexibility index (Phi) is 4.11. The molecule has 2 N–H and O–H groups in total. The lowest BCUT2D eigenvalue weighted by Gasteiger charge is -2.12. The van der Waals surface area contributed by atoms with Crippen LogP contribution in [-0.4, -0.2) is 15.2 Å². The zero-order valence-corrected chi connectivity index (χ0v) is 12.9. The van der Waals surface area contributed by atoms with E-state index in [1.54, 1.807) is 0 Å². The summed E-state index contributed by atoms with van der Waals surface area (Å²) in [5.41, 5.74) is 8.04. The number of hydrogen-bond acceptors (Lipinski definition) is 4. The van der Waals surface area contributed by atoms with Gasteiger partial charge in [0.25, 0.3) is 0 Å². The van der Waals surface area contributed by atoms with Crippen LogP contribution in [0.5, 0.6) is 11.6 Å². The highest BCUT2D eigenvalue weighted by Crippen LogP contribution is 2.26. The summed E-state index contributed by atoms with van der Waals surface area (Å²) < 4.78 is 6.67. The van der Waals surface area contributed by atoms with E-state index in [2.05, 4.69) is 26.1 Å². The first-order chi connectivity index (χ1) is 8.99. The molecule has 6 heteroatoms. The number of nitrogens with two attached hydrogens (primary N) is 1. The number of aromatic nitrogens is 2. The number of thiocarbonyl (C=S) groups is 1. The predicted octanol–water partition coefficient (Wildman–Crippen LogP) is 3.28. The van der Waals surface area contributed by atoms with Crippen LogP contribution in [0.2, 0.25) is 0 Å². The van der Waals surface area contributed by atoms with E-state index in [1.165, 1.54) is 0 Å². The molecule has 1 aromatic carbocycles. The number of rotatable bonds is 3. The molecule has 2 aromatic rings. The second-order valence-electron chi connectivity index (χ2n) is 4.01. The van der Waals surface area contributed by atoms with Crippen molar-refractivity contribution in [2.45, 2.75) is 13.8 Å². The molecule has 0 atom stereocenters. The van der Waals surface area contributed by atoms with Crippen LogP contribution < -0.4 is 10.5 Å². The van der Waals surface area contributed by atoms with Gasteiger partial charge in [0.05, 0.1) is 11.3 Å². The van der Waals surface area contributed by atoms with E-state index in [1.807, 2.05) is 38.1 Å². The van der Waals surface area contributed by atoms with Gasteiger partial charge in [-0.3, -0.25) is 0 Å². The molecular formula is C13H12BrN3OS. The van der Waals surface area contributed by atoms with Crippen molar-refractivity contribution in [2.24, 2.45) is 5.73 Å². The molecule has 2 rings (SSSR count). The molecule has 1 aromatic heterocycles. The molecule has 4 nitrogen and oxygen atoms in total. The molecule has 0 bridgehead atoms. The van der Waals surface area contributed by atoms with Crippen molar-refractivity contribution in [1.29, 1.82) is 0 Å². The van der Waals surface area contributed by atoms with Gasteiger partial charge in [0.15, 0.2) is 0 Å². The summed E-state index contributed by atoms with van der Waals surface area (Å²) in [6.07, 6.45) is 0. The minimum atomic E-state index is 0.252. The molecule has 0 aliphatic carbocycles. The summed E-state index contributed by atoms with van der Waals surface area (Å²) in [4.78, 5) is 0.252. The second kappa shape index (κ2) is 5.63. The summed E-state index contributed by atoms with van der Waals surface area (Å²) in [7, 11) is 0. The third-order valence-corrected chi connectivity index (χ3v) is 3.43. The fourth-order valence-corrected chi connectivity index (χ4v) is 2.07. The van der Waals surface area contributed by atoms with Gasteiger partial charge >= 0.3 is 0 Å². The summed E-state index contributed by atoms with van der Waals surface area (Å²) >= 11 is 8.42. The van der Waals surface area contributed by atoms with Crippen molar-refractivity contribution in [3.05, 3.63) is 45.6 Å². The molecule has 1 heterocycles. The molecule has 98 valence electrons. The fourth-order valence-electron chi connectivity index (χ4n) is 1.56. The first kappa shape index (κ1) is 13.9. The van der Waals surface area contributed by atoms with Crippen LogP contribution in [0, 0.1) is 13.8 Å². The summed E-state index contributed by atoms with van der Waals surface area (Å²) in [6, 6.07) is 7.41. The molecule has 0 saturated heterocycles. The standard InChI is InChI=1S/C13H12BrN3OS/c1-7-8(2)16-17-13(11(7)12(15)19)18-10-5-3-9(14)4-6-10/h3-6H,1-2H3,(H2,15,19). The van der Waals surface area contributed by atoms with Gasteiger partial charge in [-0.05, 0) is 43.7 Å². The maximum absolute atomic E-state index is 5.74. The maximum Gasteiger partial charge on any atom is 0.249 e. The molecule has 0 saturated carbocycles. The quantitative estimate of drug-likeness (QED) is 0.871. The summed E-state index contributed by atoms with van der Waals surface area (Å²) in [6.45, 7) is 3.75. The Hall–Kier alpha value is -1.53. The van der Waals surface area contributed by atoms with Gasteiger partial charge in [-0.25, -0.2) is 0 Å². The largest absolute Gasteiger partial charge is 0.437 e. The average molecular weight is 338 g/mol. The second-order valence-corrected chi connectivity index (χ2v) is 5.37. The van der Waals surface area contributed by atoms with Crippen molar-refractivity contribution in [3.8, 4) is 11.6 Å². The van der Waals surface area contributed by atoms with Crippen LogP contribution in [0.1, 0.15) is 16.8 Å². The molecule has 0 spiro atoms. The third-order valence-electron chi connectivity index (χ3n) is 2.70. The highest BCUT2D eigenvalue weighted by Gasteiger charge is 2.15. The zero-order chi connectivity index (χ0) is 14.0. The SMILES string of the molecule is Cc1nnc(Oc2ccc(Br)cc2)c(C(N)=S)c1C. The molecule has 0 aliphatic heterocycles. The Morgan fingerprint density at radius 1 is 1.21 bits per heavy atom. The van der Waals surface area contributed by atoms with Crippen LogP contribution in [0.25, 0.3) is 0 Å². The van der Waals surface area contributed by atoms with Crippen molar-refractivity contribution < 1.29 is 4.74 Å². The van der Waals surface area contributed by atoms with E-state index in [0.29, 0.717) is 17.2 Å². The summed E-state index contributed by atoms with van der Waals surface area (Å²) in [5.74, 6) is 0.983. The van der Waals surface area contributed by atoms with E-state index < -0.39 is 0 Å². The number of aryl methyl sites for hydroxylation is 1. The Balaban J connectivity index is 2.42. The van der Waals surface area contributed by atoms with Crippen LogP contribution in [0.4, 0.5) is 0 Å². The van der Waals surface area contributed by atoms with Gasteiger partial charge in [-0.1, -0.05) is 28.1 Å². The maximum atomic E-state index is 5.74. The van der Waals surface area contributed by atoms with Crippen LogP contribution >= 0.6 is 28.1 Å². The number of halogens is 1. The predicted molar refractivity (Wildman–Crippen MR) is 81.6 cm³/mol. The van der Waals surface area contributed by atoms with E-state index in [4.69, 9.17) is 22.7 Å². The van der Waals surface area contributed by atoms with E-state index in [-0.39, 0.29) is 4.99 Å². The Bertz CT molecular complexity index is 629. The molecule has 0 fully saturated rings. The van der Waals surface area contributed by atoms with Gasteiger partial charge in [0, 0.05) is 4.47 Å². The van der Waals surface area contributed by atoms with Gasteiger partial charge in [-0.15, -0.1) is 5.10 Å². The molecule has 0 amide bonds. The molecule has 0 aliphatic rings. The molecule has 19 heavy (non-hydrogen) atoms. The smallest absolute Gasteiger partial charge is 0.249 e. The van der Waals surface area contributed by atoms with Crippen LogP contribution in [0.3, 0.4) is 0 Å². The van der Waals surface area contributed by atoms with Crippen molar-refractivity contribution in [3.63, 3.8) is 0 Å². The minimum absolute atomic E-state index is 0.252. The number of benzene rings is 1. The topological polar surface area (TPSA) is 61.0 Å². The summed E-state index contributed by atoms with van der Waals surface area (Å²) in [5, 5.41) is 8.06. The highest BCUT2D eigenvalue weighted by atomic mass is 79.9. The monoisotopic (exact) mass is 337 g/mol. The minimum Gasteiger partial charge on any atom is -0.437 e. The van der Waals surface area contributed by atoms with E-state index >= 15 is 0 Å². The lowest BCUT2D eigenvalue weighted by molar-refractivity contribution is 0.452. The number of hydrogen-bond donors (Lipinski definition) is 1. The van der Waals surface area contributed by atoms with Gasteiger partial charge < -0.3 is 10.5 Å². The van der Waals surface area contributed by atoms with Crippen LogP contribution in [0.15, 0.2) is 28.7 Å². The molecule has 0 unspecified atom stereocenters. The highest BCUT2D eigenvalue weighted by molar-refractivity contribution is 9.10. The zero-order valence-electron chi connectivity index (χ0n) is 10.5. The van der Waals surface area contributed by atoms with E-state index in [0.717, 1.165) is 15.7 Å². The first-order valence-corrected chi connectivity index (χ1v) is 6.76. The fraction of sp³-hybridized carbons (Fsp3) is 0.154. The van der Waals surface area contributed by atoms with Gasteiger partial charge in [0.2, 0.25) is 5.88 Å². The lowest BCUT2D eigenvalue weighted by Crippen LogP contribution is -2.15. The Labute approximate surface area is 125 Å².